The Bertz CT molecular complexity index is 953. The average molecular weight is 465 g/mol. The minimum absolute atomic E-state index is 0.0302. The first-order valence-electron chi connectivity index (χ1n) is 8.00. The number of benzene rings is 2. The monoisotopic (exact) mass is 463 g/mol. The fourth-order valence-electron chi connectivity index (χ4n) is 3.02. The van der Waals surface area contributed by atoms with Crippen molar-refractivity contribution in [3.05, 3.63) is 56.6 Å². The molecule has 6 heteroatoms. The van der Waals surface area contributed by atoms with Crippen LogP contribution in [0.1, 0.15) is 29.9 Å². The molecular weight excluding hydrogens is 450 g/mol. The number of hydrogen-bond donors (Lipinski definition) is 2. The summed E-state index contributed by atoms with van der Waals surface area (Å²) < 4.78 is 7.51. The number of aromatic nitrogens is 1. The molecule has 2 N–H and O–H groups in total. The number of fused-ring (bicyclic) bond motifs is 1. The van der Waals surface area contributed by atoms with E-state index >= 15 is 0 Å². The van der Waals surface area contributed by atoms with E-state index in [2.05, 4.69) is 49.1 Å². The van der Waals surface area contributed by atoms with Gasteiger partial charge < -0.3 is 14.8 Å². The van der Waals surface area contributed by atoms with Crippen LogP contribution < -0.4 is 4.74 Å². The smallest absolute Gasteiger partial charge is 0.307 e. The van der Waals surface area contributed by atoms with Gasteiger partial charge in [0.15, 0.2) is 5.75 Å². The Morgan fingerprint density at radius 1 is 1.20 bits per heavy atom. The van der Waals surface area contributed by atoms with Gasteiger partial charge in [0.05, 0.1) is 15.4 Å². The van der Waals surface area contributed by atoms with E-state index in [0.717, 1.165) is 20.2 Å². The van der Waals surface area contributed by atoms with Gasteiger partial charge in [-0.3, -0.25) is 4.79 Å². The molecule has 0 spiro atoms. The van der Waals surface area contributed by atoms with Crippen molar-refractivity contribution in [2.75, 3.05) is 0 Å². The van der Waals surface area contributed by atoms with Gasteiger partial charge in [-0.05, 0) is 92.1 Å². The third-order valence-electron chi connectivity index (χ3n) is 4.34. The first-order valence-corrected chi connectivity index (χ1v) is 9.58. The largest absolute Gasteiger partial charge is 0.481 e. The van der Waals surface area contributed by atoms with Crippen molar-refractivity contribution in [3.8, 4) is 11.5 Å². The van der Waals surface area contributed by atoms with Gasteiger partial charge in [-0.1, -0.05) is 0 Å². The first kappa shape index (κ1) is 16.7. The highest BCUT2D eigenvalue weighted by atomic mass is 79.9. The number of aromatic amines is 1. The van der Waals surface area contributed by atoms with E-state index in [1.54, 1.807) is 12.1 Å². The summed E-state index contributed by atoms with van der Waals surface area (Å²) >= 11 is 6.96. The van der Waals surface area contributed by atoms with Crippen LogP contribution >= 0.6 is 31.9 Å². The highest BCUT2D eigenvalue weighted by molar-refractivity contribution is 9.11. The Balaban J connectivity index is 1.66. The summed E-state index contributed by atoms with van der Waals surface area (Å²) in [5.74, 6) is 1.19. The fraction of sp³-hybridized carbons (Fsp3) is 0.211. The highest BCUT2D eigenvalue weighted by Gasteiger charge is 2.26. The average Bonchev–Trinajstić information content (AvgIpc) is 3.30. The Hall–Kier alpha value is -1.79. The molecular formula is C19H15Br2NO3. The lowest BCUT2D eigenvalue weighted by atomic mass is 10.1. The van der Waals surface area contributed by atoms with Crippen molar-refractivity contribution in [2.24, 2.45) is 0 Å². The predicted molar refractivity (Wildman–Crippen MR) is 104 cm³/mol. The molecule has 4 rings (SSSR count). The number of carboxylic acid groups (broad SMARTS) is 1. The van der Waals surface area contributed by atoms with Crippen LogP contribution in [0.3, 0.4) is 0 Å². The summed E-state index contributed by atoms with van der Waals surface area (Å²) in [5.41, 5.74) is 3.18. The molecule has 1 fully saturated rings. The summed E-state index contributed by atoms with van der Waals surface area (Å²) in [6.07, 6.45) is 4.57. The summed E-state index contributed by atoms with van der Waals surface area (Å²) in [4.78, 5) is 14.2. The minimum Gasteiger partial charge on any atom is -0.481 e. The van der Waals surface area contributed by atoms with Crippen molar-refractivity contribution >= 4 is 48.7 Å². The van der Waals surface area contributed by atoms with Crippen molar-refractivity contribution < 1.29 is 14.6 Å². The number of halogens is 2. The van der Waals surface area contributed by atoms with Crippen LogP contribution in [-0.4, -0.2) is 16.1 Å². The topological polar surface area (TPSA) is 62.3 Å². The van der Waals surface area contributed by atoms with Crippen LogP contribution in [0.2, 0.25) is 0 Å². The molecule has 1 saturated carbocycles. The second-order valence-corrected chi connectivity index (χ2v) is 8.00. The molecule has 0 bridgehead atoms. The normalized spacial score (nSPS) is 14.0. The van der Waals surface area contributed by atoms with Crippen molar-refractivity contribution in [1.82, 2.24) is 4.98 Å². The molecule has 3 aromatic rings. The molecule has 1 aliphatic rings. The van der Waals surface area contributed by atoms with Crippen LogP contribution in [0.4, 0.5) is 0 Å². The van der Waals surface area contributed by atoms with E-state index in [-0.39, 0.29) is 6.42 Å². The number of carboxylic acids is 1. The summed E-state index contributed by atoms with van der Waals surface area (Å²) in [7, 11) is 0. The highest BCUT2D eigenvalue weighted by Crippen LogP contribution is 2.44. The second-order valence-electron chi connectivity index (χ2n) is 6.29. The summed E-state index contributed by atoms with van der Waals surface area (Å²) in [5, 5.41) is 10.1. The number of ether oxygens (including phenoxy) is 1. The third-order valence-corrected chi connectivity index (χ3v) is 5.51. The molecule has 0 unspecified atom stereocenters. The lowest BCUT2D eigenvalue weighted by Gasteiger charge is -2.12. The van der Waals surface area contributed by atoms with Gasteiger partial charge in [-0.2, -0.15) is 0 Å². The molecule has 0 saturated heterocycles. The van der Waals surface area contributed by atoms with Gasteiger partial charge in [0.1, 0.15) is 5.75 Å². The van der Waals surface area contributed by atoms with Gasteiger partial charge in [0.2, 0.25) is 0 Å². The quantitative estimate of drug-likeness (QED) is 0.487. The van der Waals surface area contributed by atoms with Crippen LogP contribution in [0.15, 0.2) is 45.5 Å². The molecule has 0 radical (unpaired) electrons. The van der Waals surface area contributed by atoms with Crippen molar-refractivity contribution in [2.45, 2.75) is 25.2 Å². The van der Waals surface area contributed by atoms with Crippen LogP contribution in [0.5, 0.6) is 11.5 Å². The molecule has 0 atom stereocenters. The zero-order chi connectivity index (χ0) is 17.6. The van der Waals surface area contributed by atoms with Gasteiger partial charge in [-0.15, -0.1) is 0 Å². The Morgan fingerprint density at radius 3 is 2.56 bits per heavy atom. The van der Waals surface area contributed by atoms with E-state index in [9.17, 15) is 4.79 Å². The SMILES string of the molecule is O=C(O)Cc1cc(Br)c(Oc2ccc3[nH]cc(C4CC4)c3c2)c(Br)c1. The van der Waals surface area contributed by atoms with E-state index in [1.807, 2.05) is 12.1 Å². The van der Waals surface area contributed by atoms with Crippen LogP contribution in [0, 0.1) is 0 Å². The number of H-pyrrole nitrogens is 1. The second kappa shape index (κ2) is 6.50. The van der Waals surface area contributed by atoms with Gasteiger partial charge >= 0.3 is 5.97 Å². The summed E-state index contributed by atoms with van der Waals surface area (Å²) in [6, 6.07) is 9.57. The van der Waals surface area contributed by atoms with Crippen molar-refractivity contribution in [3.63, 3.8) is 0 Å². The zero-order valence-electron chi connectivity index (χ0n) is 13.2. The molecule has 128 valence electrons. The van der Waals surface area contributed by atoms with Crippen LogP contribution in [-0.2, 0) is 11.2 Å². The third kappa shape index (κ3) is 3.46. The molecule has 0 aliphatic heterocycles. The predicted octanol–water partition coefficient (Wildman–Crippen LogP) is 5.99. The lowest BCUT2D eigenvalue weighted by molar-refractivity contribution is -0.136. The molecule has 1 aliphatic carbocycles. The van der Waals surface area contributed by atoms with E-state index in [1.165, 1.54) is 23.8 Å². The first-order chi connectivity index (χ1) is 12.0. The fourth-order valence-corrected chi connectivity index (χ4v) is 4.46. The molecule has 1 aromatic heterocycles. The molecule has 4 nitrogen and oxygen atoms in total. The van der Waals surface area contributed by atoms with Gasteiger partial charge in [0, 0.05) is 17.1 Å². The maximum Gasteiger partial charge on any atom is 0.307 e. The Kier molecular flexibility index (Phi) is 4.33. The maximum atomic E-state index is 10.9. The Morgan fingerprint density at radius 2 is 1.92 bits per heavy atom. The minimum atomic E-state index is -0.863. The molecule has 1 heterocycles. The van der Waals surface area contributed by atoms with E-state index in [4.69, 9.17) is 9.84 Å². The Labute approximate surface area is 161 Å². The molecule has 2 aromatic carbocycles. The standard InChI is InChI=1S/C19H15Br2NO3/c20-15-5-10(7-18(23)24)6-16(21)19(15)25-12-3-4-17-13(8-12)14(9-22-17)11-1-2-11/h3-6,8-9,11,22H,1-2,7H2,(H,23,24). The van der Waals surface area contributed by atoms with Gasteiger partial charge in [0.25, 0.3) is 0 Å². The number of nitrogens with one attached hydrogen (secondary N) is 1. The summed E-state index contributed by atoms with van der Waals surface area (Å²) in [6.45, 7) is 0. The number of hydrogen-bond acceptors (Lipinski definition) is 2. The zero-order valence-corrected chi connectivity index (χ0v) is 16.4. The lowest BCUT2D eigenvalue weighted by Crippen LogP contribution is -2.00. The van der Waals surface area contributed by atoms with E-state index < -0.39 is 5.97 Å². The number of carbonyl (C=O) groups is 1. The molecule has 0 amide bonds. The van der Waals surface area contributed by atoms with Crippen molar-refractivity contribution in [1.29, 1.82) is 0 Å². The molecule has 25 heavy (non-hydrogen) atoms. The van der Waals surface area contributed by atoms with E-state index in [0.29, 0.717) is 17.2 Å². The number of aliphatic carboxylic acids is 1. The maximum absolute atomic E-state index is 10.9. The number of rotatable bonds is 5. The van der Waals surface area contributed by atoms with Crippen LogP contribution in [0.25, 0.3) is 10.9 Å². The van der Waals surface area contributed by atoms with Gasteiger partial charge in [-0.25, -0.2) is 0 Å².